The second kappa shape index (κ2) is 8.19. The number of hydrogen-bond acceptors (Lipinski definition) is 4. The topological polar surface area (TPSA) is 76.1 Å². The minimum absolute atomic E-state index is 0.118. The number of piperidine rings is 1. The summed E-state index contributed by atoms with van der Waals surface area (Å²) in [7, 11) is 3.27. The zero-order chi connectivity index (χ0) is 19.6. The van der Waals surface area contributed by atoms with Crippen LogP contribution in [0.2, 0.25) is 0 Å². The van der Waals surface area contributed by atoms with Crippen molar-refractivity contribution < 1.29 is 24.2 Å². The number of carboxylic acids is 1. The van der Waals surface area contributed by atoms with Crippen LogP contribution in [0.5, 0.6) is 11.5 Å². The molecule has 0 unspecified atom stereocenters. The molecule has 3 rings (SSSR count). The van der Waals surface area contributed by atoms with Crippen LogP contribution in [0.1, 0.15) is 68.4 Å². The van der Waals surface area contributed by atoms with Gasteiger partial charge in [-0.2, -0.15) is 0 Å². The number of carboxylic acid groups (broad SMARTS) is 1. The molecule has 1 saturated carbocycles. The second-order valence-electron chi connectivity index (χ2n) is 7.46. The molecule has 0 bridgehead atoms. The number of nitrogens with zero attached hydrogens (tertiary/aromatic N) is 1. The van der Waals surface area contributed by atoms with Gasteiger partial charge in [-0.15, -0.1) is 0 Å². The first-order chi connectivity index (χ1) is 13.0. The molecule has 27 heavy (non-hydrogen) atoms. The third-order valence-electron chi connectivity index (χ3n) is 5.73. The quantitative estimate of drug-likeness (QED) is 0.789. The molecular weight excluding hydrogens is 346 g/mol. The summed E-state index contributed by atoms with van der Waals surface area (Å²) < 4.78 is 11.2. The van der Waals surface area contributed by atoms with E-state index in [1.165, 1.54) is 0 Å². The Bertz CT molecular complexity index is 688. The van der Waals surface area contributed by atoms with Crippen molar-refractivity contribution in [2.75, 3.05) is 20.8 Å². The van der Waals surface area contributed by atoms with E-state index in [0.717, 1.165) is 48.3 Å². The molecule has 1 aromatic rings. The minimum atomic E-state index is -0.919. The Labute approximate surface area is 160 Å². The summed E-state index contributed by atoms with van der Waals surface area (Å²) in [6.07, 6.45) is 5.04. The van der Waals surface area contributed by atoms with Gasteiger partial charge in [0.2, 0.25) is 5.91 Å². The summed E-state index contributed by atoms with van der Waals surface area (Å²) in [4.78, 5) is 26.4. The molecule has 1 saturated heterocycles. The third kappa shape index (κ3) is 3.89. The Morgan fingerprint density at radius 3 is 2.26 bits per heavy atom. The molecule has 6 heteroatoms. The van der Waals surface area contributed by atoms with Gasteiger partial charge in [-0.25, -0.2) is 4.79 Å². The van der Waals surface area contributed by atoms with Crippen LogP contribution in [-0.2, 0) is 9.59 Å². The molecule has 0 aromatic heterocycles. The molecule has 2 fully saturated rings. The lowest BCUT2D eigenvalue weighted by Crippen LogP contribution is -2.49. The maximum Gasteiger partial charge on any atom is 0.326 e. The number of amides is 1. The number of carbonyl (C=O) groups excluding carboxylic acids is 1. The van der Waals surface area contributed by atoms with E-state index in [1.54, 1.807) is 19.1 Å². The molecule has 1 heterocycles. The van der Waals surface area contributed by atoms with Crippen molar-refractivity contribution in [3.8, 4) is 11.5 Å². The second-order valence-corrected chi connectivity index (χ2v) is 7.46. The molecule has 0 spiro atoms. The molecule has 1 amide bonds. The number of benzene rings is 1. The summed E-state index contributed by atoms with van der Waals surface area (Å²) in [6, 6.07) is 3.14. The molecule has 0 radical (unpaired) electrons. The van der Waals surface area contributed by atoms with Gasteiger partial charge in [-0.1, -0.05) is 6.92 Å². The van der Waals surface area contributed by atoms with E-state index < -0.39 is 17.9 Å². The lowest BCUT2D eigenvalue weighted by Gasteiger charge is -2.35. The highest BCUT2D eigenvalue weighted by molar-refractivity contribution is 5.88. The van der Waals surface area contributed by atoms with Gasteiger partial charge >= 0.3 is 5.97 Å². The van der Waals surface area contributed by atoms with Crippen LogP contribution in [0.25, 0.3) is 0 Å². The predicted octanol–water partition coefficient (Wildman–Crippen LogP) is 3.54. The lowest BCUT2D eigenvalue weighted by atomic mass is 9.90. The van der Waals surface area contributed by atoms with Gasteiger partial charge in [-0.05, 0) is 62.1 Å². The Hall–Kier alpha value is -2.24. The number of aliphatic carboxylic acids is 1. The summed E-state index contributed by atoms with van der Waals surface area (Å²) in [5, 5.41) is 9.52. The van der Waals surface area contributed by atoms with E-state index in [9.17, 15) is 14.7 Å². The van der Waals surface area contributed by atoms with Crippen LogP contribution >= 0.6 is 0 Å². The van der Waals surface area contributed by atoms with Crippen LogP contribution < -0.4 is 9.47 Å². The van der Waals surface area contributed by atoms with Crippen molar-refractivity contribution in [3.05, 3.63) is 23.3 Å². The van der Waals surface area contributed by atoms with Crippen LogP contribution in [0.15, 0.2) is 12.1 Å². The smallest absolute Gasteiger partial charge is 0.326 e. The van der Waals surface area contributed by atoms with E-state index in [2.05, 4.69) is 0 Å². The fourth-order valence-corrected chi connectivity index (χ4v) is 4.14. The first-order valence-corrected chi connectivity index (χ1v) is 9.80. The zero-order valence-electron chi connectivity index (χ0n) is 16.4. The molecule has 1 N–H and O–H groups in total. The number of carbonyl (C=O) groups is 2. The Morgan fingerprint density at radius 1 is 1.15 bits per heavy atom. The fraction of sp³-hybridized carbons (Fsp3) is 0.619. The highest BCUT2D eigenvalue weighted by atomic mass is 16.5. The molecule has 2 atom stereocenters. The molecule has 1 aliphatic carbocycles. The first kappa shape index (κ1) is 19.5. The Kier molecular flexibility index (Phi) is 5.92. The van der Waals surface area contributed by atoms with Gasteiger partial charge in [0.25, 0.3) is 0 Å². The molecule has 6 nitrogen and oxygen atoms in total. The van der Waals surface area contributed by atoms with Gasteiger partial charge in [0.15, 0.2) is 0 Å². The van der Waals surface area contributed by atoms with E-state index >= 15 is 0 Å². The maximum atomic E-state index is 13.3. The number of likely N-dealkylation sites (tertiary alicyclic amines) is 1. The van der Waals surface area contributed by atoms with Crippen molar-refractivity contribution in [1.82, 2.24) is 4.90 Å². The van der Waals surface area contributed by atoms with Crippen LogP contribution in [-0.4, -0.2) is 48.7 Å². The standard InChI is InChI=1S/C21H29NO5/c1-4-15(20(23)22-10-6-5-7-16(22)21(24)25)14-11-17(26-2)19(13-8-9-13)18(12-14)27-3/h11-13,15-16H,4-10H2,1-3H3,(H,24,25)/t15-,16-/m0/s1. The number of methoxy groups -OCH3 is 2. The monoisotopic (exact) mass is 375 g/mol. The average Bonchev–Trinajstić information content (AvgIpc) is 3.52. The Morgan fingerprint density at radius 2 is 1.78 bits per heavy atom. The summed E-state index contributed by atoms with van der Waals surface area (Å²) in [5.41, 5.74) is 1.91. The van der Waals surface area contributed by atoms with Crippen LogP contribution in [0.4, 0.5) is 0 Å². The SMILES string of the molecule is CC[C@H](C(=O)N1CCCC[C@H]1C(=O)O)c1cc(OC)c(C2CC2)c(OC)c1. The summed E-state index contributed by atoms with van der Waals surface area (Å²) in [5.74, 6) is 0.530. The zero-order valence-corrected chi connectivity index (χ0v) is 16.4. The third-order valence-corrected chi connectivity index (χ3v) is 5.73. The molecule has 1 aliphatic heterocycles. The van der Waals surface area contributed by atoms with Crippen molar-refractivity contribution in [1.29, 1.82) is 0 Å². The van der Waals surface area contributed by atoms with E-state index in [-0.39, 0.29) is 5.91 Å². The lowest BCUT2D eigenvalue weighted by molar-refractivity contribution is -0.152. The number of rotatable bonds is 7. The fourth-order valence-electron chi connectivity index (χ4n) is 4.14. The minimum Gasteiger partial charge on any atom is -0.496 e. The molecule has 148 valence electrons. The average molecular weight is 375 g/mol. The summed E-state index contributed by atoms with van der Waals surface area (Å²) in [6.45, 7) is 2.46. The van der Waals surface area contributed by atoms with Gasteiger partial charge < -0.3 is 19.5 Å². The number of ether oxygens (including phenoxy) is 2. The van der Waals surface area contributed by atoms with Crippen molar-refractivity contribution in [2.45, 2.75) is 63.3 Å². The van der Waals surface area contributed by atoms with Crippen molar-refractivity contribution in [2.24, 2.45) is 0 Å². The molecule has 2 aliphatic rings. The maximum absolute atomic E-state index is 13.3. The first-order valence-electron chi connectivity index (χ1n) is 9.80. The highest BCUT2D eigenvalue weighted by Crippen LogP contribution is 2.50. The highest BCUT2D eigenvalue weighted by Gasteiger charge is 2.37. The Balaban J connectivity index is 1.94. The number of hydrogen-bond donors (Lipinski definition) is 1. The van der Waals surface area contributed by atoms with Gasteiger partial charge in [-0.3, -0.25) is 4.79 Å². The van der Waals surface area contributed by atoms with E-state index in [4.69, 9.17) is 9.47 Å². The van der Waals surface area contributed by atoms with E-state index in [0.29, 0.717) is 25.3 Å². The van der Waals surface area contributed by atoms with E-state index in [1.807, 2.05) is 19.1 Å². The summed E-state index contributed by atoms with van der Waals surface area (Å²) >= 11 is 0. The van der Waals surface area contributed by atoms with Crippen molar-refractivity contribution in [3.63, 3.8) is 0 Å². The largest absolute Gasteiger partial charge is 0.496 e. The van der Waals surface area contributed by atoms with Gasteiger partial charge in [0.1, 0.15) is 17.5 Å². The van der Waals surface area contributed by atoms with Crippen LogP contribution in [0, 0.1) is 0 Å². The van der Waals surface area contributed by atoms with Gasteiger partial charge in [0, 0.05) is 12.1 Å². The van der Waals surface area contributed by atoms with Crippen LogP contribution in [0.3, 0.4) is 0 Å². The molecular formula is C21H29NO5. The molecule has 1 aromatic carbocycles. The van der Waals surface area contributed by atoms with Crippen molar-refractivity contribution >= 4 is 11.9 Å². The van der Waals surface area contributed by atoms with Gasteiger partial charge in [0.05, 0.1) is 20.1 Å². The predicted molar refractivity (Wildman–Crippen MR) is 102 cm³/mol. The normalized spacial score (nSPS) is 20.9.